The summed E-state index contributed by atoms with van der Waals surface area (Å²) < 4.78 is 13.1. The van der Waals surface area contributed by atoms with Crippen molar-refractivity contribution in [2.24, 2.45) is 4.99 Å². The average molecular weight is 361 g/mol. The van der Waals surface area contributed by atoms with E-state index in [0.29, 0.717) is 12.2 Å². The van der Waals surface area contributed by atoms with E-state index in [1.165, 1.54) is 47.5 Å². The van der Waals surface area contributed by atoms with E-state index in [4.69, 9.17) is 0 Å². The zero-order valence-corrected chi connectivity index (χ0v) is 14.8. The Bertz CT molecular complexity index is 766. The number of hydrogen-bond donors (Lipinski definition) is 0. The molecule has 138 valence electrons. The highest BCUT2D eigenvalue weighted by atomic mass is 19.1. The molecule has 4 amide bonds. The number of carbonyl (C=O) groups excluding carboxylic acids is 3. The minimum Gasteiger partial charge on any atom is -0.338 e. The number of likely N-dealkylation sites (N-methyl/N-ethyl adjacent to an activating group) is 3. The van der Waals surface area contributed by atoms with Crippen LogP contribution in [0.15, 0.2) is 29.3 Å². The van der Waals surface area contributed by atoms with Crippen molar-refractivity contribution in [2.75, 3.05) is 32.1 Å². The molecule has 0 spiro atoms. The Labute approximate surface area is 150 Å². The monoisotopic (exact) mass is 361 g/mol. The normalized spacial score (nSPS) is 22.1. The molecule has 8 nitrogen and oxygen atoms in total. The summed E-state index contributed by atoms with van der Waals surface area (Å²) in [5.74, 6) is -1.02. The lowest BCUT2D eigenvalue weighted by molar-refractivity contribution is -0.136. The molecule has 0 bridgehead atoms. The number of halogens is 1. The third kappa shape index (κ3) is 2.89. The summed E-state index contributed by atoms with van der Waals surface area (Å²) in [4.78, 5) is 46.9. The number of fused-ring (bicyclic) bond motifs is 1. The maximum atomic E-state index is 13.1. The van der Waals surface area contributed by atoms with Crippen LogP contribution in [0.1, 0.15) is 6.92 Å². The quantitative estimate of drug-likeness (QED) is 0.793. The van der Waals surface area contributed by atoms with E-state index in [1.54, 1.807) is 11.9 Å². The van der Waals surface area contributed by atoms with Crippen LogP contribution in [-0.4, -0.2) is 78.3 Å². The van der Waals surface area contributed by atoms with E-state index in [2.05, 4.69) is 4.99 Å². The number of urea groups is 1. The van der Waals surface area contributed by atoms with Crippen LogP contribution in [0.3, 0.4) is 0 Å². The highest BCUT2D eigenvalue weighted by Crippen LogP contribution is 2.25. The smallest absolute Gasteiger partial charge is 0.328 e. The molecule has 3 rings (SSSR count). The van der Waals surface area contributed by atoms with Gasteiger partial charge in [0.05, 0.1) is 12.9 Å². The molecule has 0 aromatic heterocycles. The number of benzene rings is 1. The average Bonchev–Trinajstić information content (AvgIpc) is 3.04. The van der Waals surface area contributed by atoms with Crippen molar-refractivity contribution in [1.29, 1.82) is 0 Å². The van der Waals surface area contributed by atoms with E-state index >= 15 is 0 Å². The van der Waals surface area contributed by atoms with Gasteiger partial charge in [-0.25, -0.2) is 14.2 Å². The first kappa shape index (κ1) is 17.8. The molecule has 0 N–H and O–H groups in total. The molecule has 1 saturated heterocycles. The van der Waals surface area contributed by atoms with E-state index in [-0.39, 0.29) is 18.3 Å². The number of aliphatic imine (C=N–C) groups is 1. The first-order valence-corrected chi connectivity index (χ1v) is 8.24. The molecule has 0 saturated carbocycles. The van der Waals surface area contributed by atoms with E-state index in [0.717, 1.165) is 4.90 Å². The Morgan fingerprint density at radius 2 is 1.88 bits per heavy atom. The van der Waals surface area contributed by atoms with E-state index in [9.17, 15) is 18.8 Å². The topological polar surface area (TPSA) is 76.5 Å². The van der Waals surface area contributed by atoms with Crippen LogP contribution in [0.2, 0.25) is 0 Å². The van der Waals surface area contributed by atoms with Crippen LogP contribution in [-0.2, 0) is 9.59 Å². The van der Waals surface area contributed by atoms with Gasteiger partial charge in [-0.15, -0.1) is 0 Å². The lowest BCUT2D eigenvalue weighted by Crippen LogP contribution is -2.64. The lowest BCUT2D eigenvalue weighted by atomic mass is 10.1. The third-order valence-corrected chi connectivity index (χ3v) is 4.65. The van der Waals surface area contributed by atoms with E-state index in [1.807, 2.05) is 6.92 Å². The van der Waals surface area contributed by atoms with Crippen molar-refractivity contribution in [3.63, 3.8) is 0 Å². The molecule has 0 aliphatic carbocycles. The molecule has 2 unspecified atom stereocenters. The molecule has 2 aliphatic heterocycles. The molecule has 1 aromatic rings. The fraction of sp³-hybridized carbons (Fsp3) is 0.412. The summed E-state index contributed by atoms with van der Waals surface area (Å²) in [6.07, 6.45) is 0.798. The lowest BCUT2D eigenvalue weighted by Gasteiger charge is -2.39. The second-order valence-electron chi connectivity index (χ2n) is 6.20. The van der Waals surface area contributed by atoms with Gasteiger partial charge in [0.2, 0.25) is 5.91 Å². The van der Waals surface area contributed by atoms with Crippen LogP contribution < -0.4 is 4.90 Å². The fourth-order valence-corrected chi connectivity index (χ4v) is 3.21. The van der Waals surface area contributed by atoms with Gasteiger partial charge in [0.25, 0.3) is 5.91 Å². The first-order chi connectivity index (χ1) is 12.3. The Morgan fingerprint density at radius 3 is 2.50 bits per heavy atom. The molecule has 9 heteroatoms. The second-order valence-corrected chi connectivity index (χ2v) is 6.20. The summed E-state index contributed by atoms with van der Waals surface area (Å²) in [7, 11) is 2.98. The predicted molar refractivity (Wildman–Crippen MR) is 93.1 cm³/mol. The van der Waals surface area contributed by atoms with Gasteiger partial charge in [-0.1, -0.05) is 0 Å². The van der Waals surface area contributed by atoms with Gasteiger partial charge >= 0.3 is 6.03 Å². The SMILES string of the molecule is CCN(C(=O)CN1C=NC2C1C(=O)N(C)C(=O)N2C)c1ccc(F)cc1. The van der Waals surface area contributed by atoms with E-state index < -0.39 is 24.1 Å². The van der Waals surface area contributed by atoms with Gasteiger partial charge in [-0.3, -0.25) is 14.5 Å². The Hall–Kier alpha value is -2.97. The number of rotatable bonds is 4. The Balaban J connectivity index is 1.77. The largest absolute Gasteiger partial charge is 0.338 e. The molecule has 2 heterocycles. The van der Waals surface area contributed by atoms with Crippen molar-refractivity contribution >= 4 is 29.9 Å². The molecule has 0 radical (unpaired) electrons. The van der Waals surface area contributed by atoms with Crippen LogP contribution in [0.25, 0.3) is 0 Å². The summed E-state index contributed by atoms with van der Waals surface area (Å²) in [5.41, 5.74) is 0.575. The molecule has 1 fully saturated rings. The Morgan fingerprint density at radius 1 is 1.23 bits per heavy atom. The number of imide groups is 1. The van der Waals surface area contributed by atoms with Crippen molar-refractivity contribution in [1.82, 2.24) is 14.7 Å². The number of nitrogens with zero attached hydrogens (tertiary/aromatic N) is 5. The minimum absolute atomic E-state index is 0.0719. The standard InChI is InChI=1S/C17H20FN5O3/c1-4-23(12-7-5-11(18)6-8-12)13(24)9-22-10-19-15-14(22)16(25)21(3)17(26)20(15)2/h5-8,10,14-15H,4,9H2,1-3H3. The maximum absolute atomic E-state index is 13.1. The second kappa shape index (κ2) is 6.74. The molecule has 2 aliphatic rings. The van der Waals surface area contributed by atoms with Crippen LogP contribution >= 0.6 is 0 Å². The van der Waals surface area contributed by atoms with Crippen molar-refractivity contribution in [2.45, 2.75) is 19.1 Å². The first-order valence-electron chi connectivity index (χ1n) is 8.24. The van der Waals surface area contributed by atoms with Gasteiger partial charge in [-0.2, -0.15) is 0 Å². The number of amides is 4. The van der Waals surface area contributed by atoms with Crippen LogP contribution in [0, 0.1) is 5.82 Å². The van der Waals surface area contributed by atoms with Gasteiger partial charge in [0.15, 0.2) is 12.2 Å². The zero-order chi connectivity index (χ0) is 19.0. The maximum Gasteiger partial charge on any atom is 0.328 e. The molecule has 1 aromatic carbocycles. The number of anilines is 1. The van der Waals surface area contributed by atoms with Gasteiger partial charge in [0, 0.05) is 26.3 Å². The van der Waals surface area contributed by atoms with Gasteiger partial charge < -0.3 is 14.7 Å². The summed E-state index contributed by atoms with van der Waals surface area (Å²) in [5, 5.41) is 0. The predicted octanol–water partition coefficient (Wildman–Crippen LogP) is 0.741. The van der Waals surface area contributed by atoms with Crippen molar-refractivity contribution in [3.05, 3.63) is 30.1 Å². The zero-order valence-electron chi connectivity index (χ0n) is 14.8. The van der Waals surface area contributed by atoms with Crippen LogP contribution in [0.5, 0.6) is 0 Å². The van der Waals surface area contributed by atoms with Crippen molar-refractivity contribution in [3.8, 4) is 0 Å². The van der Waals surface area contributed by atoms with Gasteiger partial charge in [0.1, 0.15) is 5.82 Å². The van der Waals surface area contributed by atoms with Crippen molar-refractivity contribution < 1.29 is 18.8 Å². The number of carbonyl (C=O) groups is 3. The molecular formula is C17H20FN5O3. The summed E-state index contributed by atoms with van der Waals surface area (Å²) in [6, 6.07) is 4.49. The summed E-state index contributed by atoms with van der Waals surface area (Å²) in [6.45, 7) is 2.14. The third-order valence-electron chi connectivity index (χ3n) is 4.65. The highest BCUT2D eigenvalue weighted by Gasteiger charge is 2.48. The molecular weight excluding hydrogens is 341 g/mol. The Kier molecular flexibility index (Phi) is 4.62. The van der Waals surface area contributed by atoms with Gasteiger partial charge in [-0.05, 0) is 31.2 Å². The highest BCUT2D eigenvalue weighted by molar-refractivity contribution is 6.03. The molecule has 2 atom stereocenters. The summed E-state index contributed by atoms with van der Waals surface area (Å²) >= 11 is 0. The molecule has 26 heavy (non-hydrogen) atoms. The number of hydrogen-bond acceptors (Lipinski definition) is 5. The fourth-order valence-electron chi connectivity index (χ4n) is 3.21. The van der Waals surface area contributed by atoms with Crippen LogP contribution in [0.4, 0.5) is 14.9 Å². The minimum atomic E-state index is -0.724.